The molecular weight excluding hydrogens is 424 g/mol. The zero-order chi connectivity index (χ0) is 21.8. The van der Waals surface area contributed by atoms with Crippen LogP contribution in [0, 0.1) is 10.1 Å². The topological polar surface area (TPSA) is 112 Å². The Morgan fingerprint density at radius 3 is 2.68 bits per heavy atom. The molecule has 0 saturated heterocycles. The predicted octanol–water partition coefficient (Wildman–Crippen LogP) is 5.13. The molecule has 10 heteroatoms. The molecule has 0 unspecified atom stereocenters. The van der Waals surface area contributed by atoms with Crippen LogP contribution in [0.4, 0.5) is 11.4 Å². The van der Waals surface area contributed by atoms with Gasteiger partial charge in [-0.2, -0.15) is 5.10 Å². The van der Waals surface area contributed by atoms with E-state index in [4.69, 9.17) is 20.8 Å². The molecule has 0 aliphatic rings. The minimum atomic E-state index is -0.570. The number of carbonyl (C=O) groups excluding carboxylic acids is 1. The Hall–Kier alpha value is -4.11. The molecule has 2 heterocycles. The number of rotatable bonds is 7. The van der Waals surface area contributed by atoms with E-state index < -0.39 is 10.8 Å². The fourth-order valence-corrected chi connectivity index (χ4v) is 2.92. The summed E-state index contributed by atoms with van der Waals surface area (Å²) in [7, 11) is 0. The van der Waals surface area contributed by atoms with Crippen LogP contribution in [0.5, 0.6) is 11.5 Å². The number of carbonyl (C=O) groups is 1. The summed E-state index contributed by atoms with van der Waals surface area (Å²) in [5, 5.41) is 18.5. The lowest BCUT2D eigenvalue weighted by Gasteiger charge is -2.09. The molecule has 2 aromatic carbocycles. The highest BCUT2D eigenvalue weighted by molar-refractivity contribution is 6.30. The van der Waals surface area contributed by atoms with Crippen molar-refractivity contribution in [3.8, 4) is 11.5 Å². The molecule has 0 saturated carbocycles. The first kappa shape index (κ1) is 20.2. The van der Waals surface area contributed by atoms with Crippen LogP contribution in [-0.2, 0) is 6.54 Å². The number of hydrogen-bond acceptors (Lipinski definition) is 6. The number of nitro benzene ring substituents is 1. The summed E-state index contributed by atoms with van der Waals surface area (Å²) in [5.74, 6) is 0.681. The zero-order valence-electron chi connectivity index (χ0n) is 15.9. The summed E-state index contributed by atoms with van der Waals surface area (Å²) >= 11 is 5.86. The van der Waals surface area contributed by atoms with E-state index in [2.05, 4.69) is 10.4 Å². The van der Waals surface area contributed by atoms with Crippen molar-refractivity contribution in [3.05, 3.63) is 99.7 Å². The van der Waals surface area contributed by atoms with Crippen molar-refractivity contribution in [2.45, 2.75) is 6.54 Å². The lowest BCUT2D eigenvalue weighted by Crippen LogP contribution is -2.11. The van der Waals surface area contributed by atoms with Gasteiger partial charge in [0, 0.05) is 29.5 Å². The highest BCUT2D eigenvalue weighted by atomic mass is 35.5. The van der Waals surface area contributed by atoms with Crippen molar-refractivity contribution in [2.24, 2.45) is 0 Å². The molecule has 0 aliphatic carbocycles. The van der Waals surface area contributed by atoms with Crippen LogP contribution in [0.3, 0.4) is 0 Å². The Balaban J connectivity index is 1.52. The molecular formula is C21H15ClN4O5. The van der Waals surface area contributed by atoms with Crippen molar-refractivity contribution >= 4 is 28.9 Å². The second-order valence-electron chi connectivity index (χ2n) is 6.45. The van der Waals surface area contributed by atoms with Gasteiger partial charge in [-0.25, -0.2) is 0 Å². The summed E-state index contributed by atoms with van der Waals surface area (Å²) in [6, 6.07) is 15.5. The SMILES string of the molecule is O=C(Nc1cc(Oc2ccc(Cl)cc2)cc([N+](=O)[O-])c1)c1ccc(Cn2cccn2)o1. The second kappa shape index (κ2) is 8.72. The number of hydrogen-bond donors (Lipinski definition) is 1. The van der Waals surface area contributed by atoms with Gasteiger partial charge in [-0.15, -0.1) is 0 Å². The maximum atomic E-state index is 12.6. The third-order valence-corrected chi connectivity index (χ3v) is 4.42. The average molecular weight is 439 g/mol. The fraction of sp³-hybridized carbons (Fsp3) is 0.0476. The fourth-order valence-electron chi connectivity index (χ4n) is 2.79. The van der Waals surface area contributed by atoms with Gasteiger partial charge in [0.2, 0.25) is 0 Å². The molecule has 4 rings (SSSR count). The molecule has 31 heavy (non-hydrogen) atoms. The monoisotopic (exact) mass is 438 g/mol. The molecule has 4 aromatic rings. The number of furan rings is 1. The number of nitrogens with zero attached hydrogens (tertiary/aromatic N) is 3. The molecule has 9 nitrogen and oxygen atoms in total. The normalized spacial score (nSPS) is 10.6. The second-order valence-corrected chi connectivity index (χ2v) is 6.89. The van der Waals surface area contributed by atoms with Crippen molar-refractivity contribution in [2.75, 3.05) is 5.32 Å². The number of halogens is 1. The van der Waals surface area contributed by atoms with Crippen LogP contribution in [0.2, 0.25) is 5.02 Å². The first-order chi connectivity index (χ1) is 15.0. The number of nitrogens with one attached hydrogen (secondary N) is 1. The number of aromatic nitrogens is 2. The van der Waals surface area contributed by atoms with E-state index >= 15 is 0 Å². The van der Waals surface area contributed by atoms with Gasteiger partial charge in [-0.3, -0.25) is 19.6 Å². The number of anilines is 1. The quantitative estimate of drug-likeness (QED) is 0.316. The van der Waals surface area contributed by atoms with Gasteiger partial charge in [-0.1, -0.05) is 11.6 Å². The van der Waals surface area contributed by atoms with Crippen molar-refractivity contribution in [1.29, 1.82) is 0 Å². The standard InChI is InChI=1S/C21H15ClN4O5/c22-14-2-4-17(5-3-14)30-19-11-15(10-16(12-19)26(28)29)24-21(27)20-7-6-18(31-20)13-25-9-1-8-23-25/h1-12H,13H2,(H,24,27). The first-order valence-electron chi connectivity index (χ1n) is 9.07. The summed E-state index contributed by atoms with van der Waals surface area (Å²) < 4.78 is 12.9. The van der Waals surface area contributed by atoms with E-state index in [-0.39, 0.29) is 22.9 Å². The number of nitro groups is 1. The van der Waals surface area contributed by atoms with Gasteiger partial charge in [-0.05, 0) is 42.5 Å². The van der Waals surface area contributed by atoms with Crippen LogP contribution in [0.25, 0.3) is 0 Å². The summed E-state index contributed by atoms with van der Waals surface area (Å²) in [6.07, 6.45) is 3.41. The largest absolute Gasteiger partial charge is 0.457 e. The number of amides is 1. The van der Waals surface area contributed by atoms with Crippen LogP contribution < -0.4 is 10.1 Å². The van der Waals surface area contributed by atoms with Crippen LogP contribution >= 0.6 is 11.6 Å². The molecule has 1 amide bonds. The molecule has 156 valence electrons. The molecule has 2 aromatic heterocycles. The van der Waals surface area contributed by atoms with Crippen LogP contribution in [0.1, 0.15) is 16.3 Å². The van der Waals surface area contributed by atoms with Crippen LogP contribution in [-0.4, -0.2) is 20.6 Å². The molecule has 0 aliphatic heterocycles. The predicted molar refractivity (Wildman–Crippen MR) is 113 cm³/mol. The maximum absolute atomic E-state index is 12.6. The Labute approximate surface area is 181 Å². The van der Waals surface area contributed by atoms with E-state index in [1.165, 1.54) is 24.3 Å². The van der Waals surface area contributed by atoms with Gasteiger partial charge in [0.1, 0.15) is 17.3 Å². The molecule has 0 radical (unpaired) electrons. The number of non-ortho nitro benzene ring substituents is 1. The highest BCUT2D eigenvalue weighted by Crippen LogP contribution is 2.30. The molecule has 0 fully saturated rings. The van der Waals surface area contributed by atoms with Gasteiger partial charge in [0.15, 0.2) is 5.76 Å². The molecule has 0 spiro atoms. The minimum absolute atomic E-state index is 0.0637. The first-order valence-corrected chi connectivity index (χ1v) is 9.44. The van der Waals surface area contributed by atoms with Gasteiger partial charge in [0.05, 0.1) is 23.2 Å². The van der Waals surface area contributed by atoms with Gasteiger partial charge >= 0.3 is 0 Å². The van der Waals surface area contributed by atoms with E-state index in [0.717, 1.165) is 0 Å². The Bertz CT molecular complexity index is 1220. The Morgan fingerprint density at radius 2 is 1.97 bits per heavy atom. The summed E-state index contributed by atoms with van der Waals surface area (Å²) in [4.78, 5) is 23.3. The number of ether oxygens (including phenoxy) is 1. The average Bonchev–Trinajstić information content (AvgIpc) is 3.42. The zero-order valence-corrected chi connectivity index (χ0v) is 16.7. The highest BCUT2D eigenvalue weighted by Gasteiger charge is 2.16. The van der Waals surface area contributed by atoms with E-state index in [0.29, 0.717) is 23.1 Å². The minimum Gasteiger partial charge on any atom is -0.457 e. The third-order valence-electron chi connectivity index (χ3n) is 4.17. The van der Waals surface area contributed by atoms with Gasteiger partial charge < -0.3 is 14.5 Å². The number of benzene rings is 2. The Kier molecular flexibility index (Phi) is 5.67. The van der Waals surface area contributed by atoms with E-state index in [1.54, 1.807) is 53.5 Å². The molecule has 1 N–H and O–H groups in total. The lowest BCUT2D eigenvalue weighted by molar-refractivity contribution is -0.384. The Morgan fingerprint density at radius 1 is 1.16 bits per heavy atom. The molecule has 0 bridgehead atoms. The van der Waals surface area contributed by atoms with E-state index in [1.807, 2.05) is 0 Å². The smallest absolute Gasteiger partial charge is 0.291 e. The summed E-state index contributed by atoms with van der Waals surface area (Å²) in [6.45, 7) is 0.371. The van der Waals surface area contributed by atoms with Crippen LogP contribution in [0.15, 0.2) is 77.5 Å². The third kappa shape index (κ3) is 5.09. The van der Waals surface area contributed by atoms with Crippen molar-refractivity contribution in [1.82, 2.24) is 9.78 Å². The lowest BCUT2D eigenvalue weighted by atomic mass is 10.2. The molecule has 0 atom stereocenters. The van der Waals surface area contributed by atoms with Crippen molar-refractivity contribution in [3.63, 3.8) is 0 Å². The van der Waals surface area contributed by atoms with Crippen molar-refractivity contribution < 1.29 is 18.9 Å². The van der Waals surface area contributed by atoms with E-state index in [9.17, 15) is 14.9 Å². The maximum Gasteiger partial charge on any atom is 0.291 e. The summed E-state index contributed by atoms with van der Waals surface area (Å²) in [5.41, 5.74) is -0.0474. The van der Waals surface area contributed by atoms with Gasteiger partial charge in [0.25, 0.3) is 11.6 Å².